The number of nitrogens with one attached hydrogen (secondary N) is 1. The number of ether oxygens (including phenoxy) is 1. The first-order chi connectivity index (χ1) is 16.5. The summed E-state index contributed by atoms with van der Waals surface area (Å²) in [6.07, 6.45) is 6.80. The first-order valence-corrected chi connectivity index (χ1v) is 11.0. The first kappa shape index (κ1) is 21.7. The normalized spacial score (nSPS) is 13.8. The van der Waals surface area contributed by atoms with Crippen LogP contribution in [0.25, 0.3) is 33.4 Å². The Morgan fingerprint density at radius 2 is 1.79 bits per heavy atom. The fourth-order valence-electron chi connectivity index (χ4n) is 4.01. The lowest BCUT2D eigenvalue weighted by molar-refractivity contribution is 0.0299. The number of H-pyrrole nitrogens is 1. The summed E-state index contributed by atoms with van der Waals surface area (Å²) in [5, 5.41) is 0.845. The van der Waals surface area contributed by atoms with Crippen molar-refractivity contribution in [1.82, 2.24) is 29.7 Å². The van der Waals surface area contributed by atoms with Crippen molar-refractivity contribution in [1.29, 1.82) is 0 Å². The van der Waals surface area contributed by atoms with E-state index in [1.807, 2.05) is 24.3 Å². The quantitative estimate of drug-likeness (QED) is 0.506. The van der Waals surface area contributed by atoms with E-state index in [4.69, 9.17) is 4.74 Å². The fourth-order valence-corrected chi connectivity index (χ4v) is 4.01. The molecule has 1 N–H and O–H groups in total. The third kappa shape index (κ3) is 4.13. The SMILES string of the molecule is CN(C)C(=O)c1ccc(-c2cncc(-c3ccnc4[nH]c(C(=O)N5CCOCC5)cc34)c2)nc1. The number of hydrogen-bond acceptors (Lipinski definition) is 6. The minimum atomic E-state index is -0.0972. The van der Waals surface area contributed by atoms with Crippen LogP contribution < -0.4 is 0 Å². The summed E-state index contributed by atoms with van der Waals surface area (Å²) in [5.41, 5.74) is 5.01. The predicted molar refractivity (Wildman–Crippen MR) is 127 cm³/mol. The highest BCUT2D eigenvalue weighted by Gasteiger charge is 2.21. The predicted octanol–water partition coefficient (Wildman–Crippen LogP) is 2.86. The van der Waals surface area contributed by atoms with Crippen LogP contribution in [0.15, 0.2) is 55.1 Å². The number of aromatic nitrogens is 4. The molecular formula is C25H24N6O3. The molecule has 0 bridgehead atoms. The van der Waals surface area contributed by atoms with Crippen molar-refractivity contribution < 1.29 is 14.3 Å². The van der Waals surface area contributed by atoms with Gasteiger partial charge in [-0.15, -0.1) is 0 Å². The summed E-state index contributed by atoms with van der Waals surface area (Å²) in [5.74, 6) is -0.157. The summed E-state index contributed by atoms with van der Waals surface area (Å²) < 4.78 is 5.35. The molecule has 0 saturated carbocycles. The van der Waals surface area contributed by atoms with Gasteiger partial charge in [0.05, 0.1) is 24.5 Å². The Labute approximate surface area is 196 Å². The molecular weight excluding hydrogens is 432 g/mol. The lowest BCUT2D eigenvalue weighted by atomic mass is 10.0. The molecule has 9 nitrogen and oxygen atoms in total. The van der Waals surface area contributed by atoms with E-state index in [0.717, 1.165) is 22.1 Å². The van der Waals surface area contributed by atoms with Gasteiger partial charge in [0.15, 0.2) is 0 Å². The maximum atomic E-state index is 12.9. The minimum Gasteiger partial charge on any atom is -0.378 e. The monoisotopic (exact) mass is 456 g/mol. The Morgan fingerprint density at radius 1 is 1.00 bits per heavy atom. The standard InChI is InChI=1S/C25H24N6O3/c1-30(2)24(32)16-3-4-21(28-15-16)18-11-17(13-26-14-18)19-5-6-27-23-20(19)12-22(29-23)25(33)31-7-9-34-10-8-31/h3-6,11-15H,7-10H2,1-2H3,(H,27,29). The van der Waals surface area contributed by atoms with Gasteiger partial charge in [0.1, 0.15) is 11.3 Å². The second-order valence-electron chi connectivity index (χ2n) is 8.30. The number of carbonyl (C=O) groups is 2. The molecule has 1 saturated heterocycles. The molecule has 9 heteroatoms. The molecule has 0 unspecified atom stereocenters. The average molecular weight is 457 g/mol. The van der Waals surface area contributed by atoms with E-state index in [2.05, 4.69) is 19.9 Å². The number of fused-ring (bicyclic) bond motifs is 1. The molecule has 5 heterocycles. The van der Waals surface area contributed by atoms with Gasteiger partial charge in [-0.25, -0.2) is 4.98 Å². The Balaban J connectivity index is 1.47. The maximum Gasteiger partial charge on any atom is 0.270 e. The molecule has 1 fully saturated rings. The van der Waals surface area contributed by atoms with Crippen molar-refractivity contribution >= 4 is 22.8 Å². The Kier molecular flexibility index (Phi) is 5.77. The van der Waals surface area contributed by atoms with Gasteiger partial charge in [-0.05, 0) is 35.9 Å². The van der Waals surface area contributed by atoms with Gasteiger partial charge in [-0.3, -0.25) is 19.6 Å². The number of carbonyl (C=O) groups excluding carboxylic acids is 2. The van der Waals surface area contributed by atoms with Crippen LogP contribution in [0.3, 0.4) is 0 Å². The lowest BCUT2D eigenvalue weighted by Gasteiger charge is -2.26. The number of aromatic amines is 1. The van der Waals surface area contributed by atoms with E-state index in [-0.39, 0.29) is 11.8 Å². The van der Waals surface area contributed by atoms with E-state index in [9.17, 15) is 9.59 Å². The second kappa shape index (κ2) is 9.03. The molecule has 34 heavy (non-hydrogen) atoms. The highest BCUT2D eigenvalue weighted by Crippen LogP contribution is 2.30. The van der Waals surface area contributed by atoms with Crippen LogP contribution in [0.5, 0.6) is 0 Å². The van der Waals surface area contributed by atoms with Crippen LogP contribution in [0.2, 0.25) is 0 Å². The molecule has 0 radical (unpaired) electrons. The number of hydrogen-bond donors (Lipinski definition) is 1. The van der Waals surface area contributed by atoms with Gasteiger partial charge in [-0.2, -0.15) is 0 Å². The van der Waals surface area contributed by atoms with Crippen LogP contribution >= 0.6 is 0 Å². The third-order valence-corrected chi connectivity index (χ3v) is 5.82. The molecule has 172 valence electrons. The molecule has 0 aliphatic carbocycles. The van der Waals surface area contributed by atoms with Gasteiger partial charge >= 0.3 is 0 Å². The van der Waals surface area contributed by atoms with Gasteiger partial charge in [0.2, 0.25) is 0 Å². The van der Waals surface area contributed by atoms with Crippen molar-refractivity contribution in [2.24, 2.45) is 0 Å². The Morgan fingerprint density at radius 3 is 2.53 bits per heavy atom. The van der Waals surface area contributed by atoms with Crippen molar-refractivity contribution in [3.05, 3.63) is 66.4 Å². The van der Waals surface area contributed by atoms with Crippen LogP contribution in [0.1, 0.15) is 20.8 Å². The van der Waals surface area contributed by atoms with Crippen molar-refractivity contribution in [3.8, 4) is 22.4 Å². The number of rotatable bonds is 4. The topological polar surface area (TPSA) is 104 Å². The number of pyridine rings is 3. The Hall–Kier alpha value is -4.11. The molecule has 1 aliphatic heterocycles. The molecule has 4 aromatic heterocycles. The minimum absolute atomic E-state index is 0.0595. The smallest absolute Gasteiger partial charge is 0.270 e. The zero-order chi connectivity index (χ0) is 23.7. The highest BCUT2D eigenvalue weighted by molar-refractivity contribution is 6.02. The van der Waals surface area contributed by atoms with Crippen molar-refractivity contribution in [3.63, 3.8) is 0 Å². The van der Waals surface area contributed by atoms with E-state index >= 15 is 0 Å². The molecule has 2 amide bonds. The number of nitrogens with zero attached hydrogens (tertiary/aromatic N) is 5. The molecule has 0 aromatic carbocycles. The van der Waals surface area contributed by atoms with Crippen molar-refractivity contribution in [2.75, 3.05) is 40.4 Å². The molecule has 0 spiro atoms. The molecule has 1 aliphatic rings. The van der Waals surface area contributed by atoms with Crippen LogP contribution in [-0.2, 0) is 4.74 Å². The van der Waals surface area contributed by atoms with Gasteiger partial charge < -0.3 is 19.5 Å². The van der Waals surface area contributed by atoms with Gasteiger partial charge in [-0.1, -0.05) is 0 Å². The van der Waals surface area contributed by atoms with E-state index in [1.165, 1.54) is 4.90 Å². The average Bonchev–Trinajstić information content (AvgIpc) is 3.33. The zero-order valence-electron chi connectivity index (χ0n) is 19.0. The summed E-state index contributed by atoms with van der Waals surface area (Å²) in [4.78, 5) is 44.8. The zero-order valence-corrected chi connectivity index (χ0v) is 19.0. The lowest BCUT2D eigenvalue weighted by Crippen LogP contribution is -2.40. The largest absolute Gasteiger partial charge is 0.378 e. The summed E-state index contributed by atoms with van der Waals surface area (Å²) >= 11 is 0. The second-order valence-corrected chi connectivity index (χ2v) is 8.30. The Bertz CT molecular complexity index is 1360. The third-order valence-electron chi connectivity index (χ3n) is 5.82. The van der Waals surface area contributed by atoms with E-state index < -0.39 is 0 Å². The van der Waals surface area contributed by atoms with Crippen molar-refractivity contribution in [2.45, 2.75) is 0 Å². The van der Waals surface area contributed by atoms with E-state index in [0.29, 0.717) is 48.9 Å². The number of amides is 2. The van der Waals surface area contributed by atoms with Crippen LogP contribution in [-0.4, -0.2) is 81.9 Å². The van der Waals surface area contributed by atoms with Crippen LogP contribution in [0.4, 0.5) is 0 Å². The summed E-state index contributed by atoms with van der Waals surface area (Å²) in [6, 6.07) is 9.33. The van der Waals surface area contributed by atoms with Gasteiger partial charge in [0, 0.05) is 68.5 Å². The molecule has 0 atom stereocenters. The van der Waals surface area contributed by atoms with Gasteiger partial charge in [0.25, 0.3) is 11.8 Å². The maximum absolute atomic E-state index is 12.9. The molecule has 5 rings (SSSR count). The first-order valence-electron chi connectivity index (χ1n) is 11.0. The summed E-state index contributed by atoms with van der Waals surface area (Å²) in [6.45, 7) is 2.25. The highest BCUT2D eigenvalue weighted by atomic mass is 16.5. The number of morpholine rings is 1. The fraction of sp³-hybridized carbons (Fsp3) is 0.240. The van der Waals surface area contributed by atoms with Crippen LogP contribution in [0, 0.1) is 0 Å². The molecule has 4 aromatic rings. The van der Waals surface area contributed by atoms with E-state index in [1.54, 1.807) is 49.8 Å². The summed E-state index contributed by atoms with van der Waals surface area (Å²) in [7, 11) is 3.42.